The number of nitrogens with zero attached hydrogens (tertiary/aromatic N) is 1. The van der Waals surface area contributed by atoms with Crippen LogP contribution in [0.3, 0.4) is 0 Å². The van der Waals surface area contributed by atoms with Gasteiger partial charge in [0.25, 0.3) is 0 Å². The van der Waals surface area contributed by atoms with Crippen LogP contribution < -0.4 is 4.57 Å². The average Bonchev–Trinajstić information content (AvgIpc) is 3.28. The number of furan rings is 1. The molecule has 5 aromatic carbocycles. The molecule has 0 amide bonds. The molecule has 0 atom stereocenters. The Morgan fingerprint density at radius 3 is 2.14 bits per heavy atom. The molecule has 2 heterocycles. The number of aryl methyl sites for hydroxylation is 2. The van der Waals surface area contributed by atoms with Crippen molar-refractivity contribution >= 4 is 43.5 Å². The fourth-order valence-corrected chi connectivity index (χ4v) is 5.62. The SMILES string of the molecule is Cc1cc(-c2cc3ccccc3c3ccccc23)c2c(oc3ccccc32)c1-c1cccc[n+]1C. The number of benzene rings is 5. The van der Waals surface area contributed by atoms with Gasteiger partial charge in [0.15, 0.2) is 6.20 Å². The molecule has 2 heteroatoms. The van der Waals surface area contributed by atoms with Crippen molar-refractivity contribution in [3.63, 3.8) is 0 Å². The fraction of sp³-hybridized carbons (Fsp3) is 0.0606. The Labute approximate surface area is 203 Å². The second kappa shape index (κ2) is 7.54. The number of aromatic nitrogens is 1. The van der Waals surface area contributed by atoms with Crippen LogP contribution in [-0.2, 0) is 7.05 Å². The monoisotopic (exact) mass is 450 g/mol. The van der Waals surface area contributed by atoms with E-state index in [1.807, 2.05) is 6.07 Å². The second-order valence-electron chi connectivity index (χ2n) is 9.31. The van der Waals surface area contributed by atoms with E-state index in [0.29, 0.717) is 0 Å². The van der Waals surface area contributed by atoms with Crippen LogP contribution in [0.15, 0.2) is 114 Å². The van der Waals surface area contributed by atoms with Crippen LogP contribution in [0.4, 0.5) is 0 Å². The van der Waals surface area contributed by atoms with Crippen LogP contribution in [0.5, 0.6) is 0 Å². The van der Waals surface area contributed by atoms with Gasteiger partial charge in [0.1, 0.15) is 18.2 Å². The number of hydrogen-bond acceptors (Lipinski definition) is 1. The summed E-state index contributed by atoms with van der Waals surface area (Å²) in [7, 11) is 2.09. The molecule has 7 aromatic rings. The summed E-state index contributed by atoms with van der Waals surface area (Å²) in [6, 6.07) is 36.8. The molecule has 0 bridgehead atoms. The van der Waals surface area contributed by atoms with Crippen LogP contribution in [0.2, 0.25) is 0 Å². The maximum Gasteiger partial charge on any atom is 0.216 e. The number of hydrogen-bond donors (Lipinski definition) is 0. The van der Waals surface area contributed by atoms with E-state index < -0.39 is 0 Å². The van der Waals surface area contributed by atoms with Crippen molar-refractivity contribution in [2.45, 2.75) is 6.92 Å². The lowest BCUT2D eigenvalue weighted by atomic mass is 9.88. The van der Waals surface area contributed by atoms with E-state index in [4.69, 9.17) is 4.42 Å². The number of pyridine rings is 1. The molecular formula is C33H24NO+. The highest BCUT2D eigenvalue weighted by Crippen LogP contribution is 2.45. The van der Waals surface area contributed by atoms with Crippen molar-refractivity contribution in [1.82, 2.24) is 0 Å². The van der Waals surface area contributed by atoms with Gasteiger partial charge in [-0.25, -0.2) is 4.57 Å². The van der Waals surface area contributed by atoms with Gasteiger partial charge >= 0.3 is 0 Å². The van der Waals surface area contributed by atoms with Crippen molar-refractivity contribution in [2.24, 2.45) is 7.05 Å². The highest BCUT2D eigenvalue weighted by atomic mass is 16.3. The zero-order valence-electron chi connectivity index (χ0n) is 19.7. The van der Waals surface area contributed by atoms with Crippen molar-refractivity contribution in [1.29, 1.82) is 0 Å². The lowest BCUT2D eigenvalue weighted by Gasteiger charge is -2.14. The fourth-order valence-electron chi connectivity index (χ4n) is 5.62. The summed E-state index contributed by atoms with van der Waals surface area (Å²) in [6.07, 6.45) is 2.09. The standard InChI is InChI=1S/C33H24NO/c1-21-19-28(27-20-22-11-3-4-12-23(22)24-13-5-6-14-25(24)27)32-26-15-7-8-17-30(26)35-33(32)31(21)29-16-9-10-18-34(29)2/h3-20H,1-2H3/q+1. The molecule has 0 saturated heterocycles. The van der Waals surface area contributed by atoms with E-state index in [-0.39, 0.29) is 0 Å². The Kier molecular flexibility index (Phi) is 4.31. The Morgan fingerprint density at radius 2 is 1.31 bits per heavy atom. The van der Waals surface area contributed by atoms with Crippen LogP contribution in [-0.4, -0.2) is 0 Å². The molecule has 0 unspecified atom stereocenters. The number of fused-ring (bicyclic) bond motifs is 6. The highest BCUT2D eigenvalue weighted by Gasteiger charge is 2.24. The molecule has 7 rings (SSSR count). The minimum atomic E-state index is 0.916. The smallest absolute Gasteiger partial charge is 0.216 e. The molecule has 2 aromatic heterocycles. The molecule has 2 nitrogen and oxygen atoms in total. The average molecular weight is 451 g/mol. The Balaban J connectivity index is 1.69. The van der Waals surface area contributed by atoms with Gasteiger partial charge in [-0.05, 0) is 69.4 Å². The topological polar surface area (TPSA) is 17.0 Å². The highest BCUT2D eigenvalue weighted by molar-refractivity contribution is 6.21. The first-order valence-electron chi connectivity index (χ1n) is 12.0. The van der Waals surface area contributed by atoms with Crippen LogP contribution in [0.1, 0.15) is 5.56 Å². The Hall–Kier alpha value is -4.43. The lowest BCUT2D eigenvalue weighted by molar-refractivity contribution is -0.660. The van der Waals surface area contributed by atoms with Gasteiger partial charge in [-0.15, -0.1) is 0 Å². The van der Waals surface area contributed by atoms with E-state index in [0.717, 1.165) is 27.8 Å². The molecule has 0 fully saturated rings. The van der Waals surface area contributed by atoms with Gasteiger partial charge in [0.2, 0.25) is 5.69 Å². The van der Waals surface area contributed by atoms with E-state index in [1.165, 1.54) is 43.6 Å². The minimum absolute atomic E-state index is 0.916. The lowest BCUT2D eigenvalue weighted by Crippen LogP contribution is -2.30. The van der Waals surface area contributed by atoms with Crippen LogP contribution in [0, 0.1) is 6.92 Å². The minimum Gasteiger partial charge on any atom is -0.455 e. The van der Waals surface area contributed by atoms with Gasteiger partial charge in [-0.2, -0.15) is 0 Å². The molecule has 0 radical (unpaired) electrons. The first kappa shape index (κ1) is 20.0. The Morgan fingerprint density at radius 1 is 0.629 bits per heavy atom. The molecule has 35 heavy (non-hydrogen) atoms. The third-order valence-electron chi connectivity index (χ3n) is 7.22. The summed E-state index contributed by atoms with van der Waals surface area (Å²) in [5, 5.41) is 7.39. The summed E-state index contributed by atoms with van der Waals surface area (Å²) >= 11 is 0. The summed E-state index contributed by atoms with van der Waals surface area (Å²) in [6.45, 7) is 2.20. The molecule has 166 valence electrons. The second-order valence-corrected chi connectivity index (χ2v) is 9.31. The van der Waals surface area contributed by atoms with Crippen molar-refractivity contribution in [2.75, 3.05) is 0 Å². The molecule has 0 N–H and O–H groups in total. The van der Waals surface area contributed by atoms with Gasteiger partial charge in [0.05, 0.1) is 5.56 Å². The maximum absolute atomic E-state index is 6.62. The molecular weight excluding hydrogens is 426 g/mol. The molecule has 0 aliphatic carbocycles. The van der Waals surface area contributed by atoms with Gasteiger partial charge in [0, 0.05) is 22.9 Å². The maximum atomic E-state index is 6.62. The first-order chi connectivity index (χ1) is 17.2. The zero-order chi connectivity index (χ0) is 23.5. The van der Waals surface area contributed by atoms with E-state index in [2.05, 4.69) is 122 Å². The van der Waals surface area contributed by atoms with E-state index >= 15 is 0 Å². The van der Waals surface area contributed by atoms with E-state index in [9.17, 15) is 0 Å². The number of rotatable bonds is 2. The quantitative estimate of drug-likeness (QED) is 0.191. The third-order valence-corrected chi connectivity index (χ3v) is 7.22. The molecule has 0 spiro atoms. The van der Waals surface area contributed by atoms with E-state index in [1.54, 1.807) is 0 Å². The summed E-state index contributed by atoms with van der Waals surface area (Å²) in [5.74, 6) is 0. The van der Waals surface area contributed by atoms with Gasteiger partial charge in [-0.1, -0.05) is 66.7 Å². The van der Waals surface area contributed by atoms with Crippen LogP contribution in [0.25, 0.3) is 65.9 Å². The van der Waals surface area contributed by atoms with Crippen molar-refractivity contribution in [3.8, 4) is 22.4 Å². The van der Waals surface area contributed by atoms with Gasteiger partial charge < -0.3 is 4.42 Å². The third kappa shape index (κ3) is 2.93. The van der Waals surface area contributed by atoms with Crippen molar-refractivity contribution in [3.05, 3.63) is 115 Å². The normalized spacial score (nSPS) is 11.7. The predicted molar refractivity (Wildman–Crippen MR) is 146 cm³/mol. The summed E-state index contributed by atoms with van der Waals surface area (Å²) < 4.78 is 8.79. The van der Waals surface area contributed by atoms with Crippen molar-refractivity contribution < 1.29 is 8.98 Å². The molecule has 0 aliphatic heterocycles. The predicted octanol–water partition coefficient (Wildman–Crippen LogP) is 8.36. The Bertz CT molecular complexity index is 1930. The molecule has 0 aliphatic rings. The number of para-hydroxylation sites is 1. The van der Waals surface area contributed by atoms with Gasteiger partial charge in [-0.3, -0.25) is 0 Å². The molecule has 0 saturated carbocycles. The largest absolute Gasteiger partial charge is 0.455 e. The summed E-state index contributed by atoms with van der Waals surface area (Å²) in [5.41, 5.74) is 7.80. The van der Waals surface area contributed by atoms with Crippen LogP contribution >= 0.6 is 0 Å². The zero-order valence-corrected chi connectivity index (χ0v) is 19.7. The summed E-state index contributed by atoms with van der Waals surface area (Å²) in [4.78, 5) is 0. The first-order valence-corrected chi connectivity index (χ1v) is 12.0.